The van der Waals surface area contributed by atoms with Crippen molar-refractivity contribution in [2.45, 2.75) is 19.5 Å². The minimum atomic E-state index is -0.0243. The van der Waals surface area contributed by atoms with Gasteiger partial charge < -0.3 is 14.9 Å². The van der Waals surface area contributed by atoms with E-state index in [0.717, 1.165) is 23.6 Å². The van der Waals surface area contributed by atoms with E-state index in [9.17, 15) is 0 Å². The zero-order valence-corrected chi connectivity index (χ0v) is 13.1. The zero-order chi connectivity index (χ0) is 15.2. The van der Waals surface area contributed by atoms with Crippen LogP contribution in [0, 0.1) is 0 Å². The normalized spacial score (nSPS) is 12.6. The molecule has 2 aromatic rings. The van der Waals surface area contributed by atoms with Crippen molar-refractivity contribution in [1.82, 2.24) is 4.90 Å². The topological polar surface area (TPSA) is 51.6 Å². The van der Waals surface area contributed by atoms with Crippen molar-refractivity contribution < 1.29 is 9.15 Å². The molecule has 0 saturated carbocycles. The molecular weight excluding hydrogens is 288 g/mol. The van der Waals surface area contributed by atoms with Crippen molar-refractivity contribution in [3.8, 4) is 5.75 Å². The van der Waals surface area contributed by atoms with E-state index in [-0.39, 0.29) is 6.04 Å². The molecule has 1 aromatic carbocycles. The first kappa shape index (κ1) is 15.9. The zero-order valence-electron chi connectivity index (χ0n) is 12.4. The van der Waals surface area contributed by atoms with Crippen molar-refractivity contribution >= 4 is 11.6 Å². The summed E-state index contributed by atoms with van der Waals surface area (Å²) in [5.74, 6) is 1.66. The van der Waals surface area contributed by atoms with Crippen LogP contribution >= 0.6 is 11.6 Å². The third-order valence-electron chi connectivity index (χ3n) is 3.58. The Kier molecular flexibility index (Phi) is 5.67. The van der Waals surface area contributed by atoms with Gasteiger partial charge in [0.05, 0.1) is 26.0 Å². The van der Waals surface area contributed by atoms with Gasteiger partial charge in [0.1, 0.15) is 11.5 Å². The SMILES string of the molecule is CCN(Cc1ccco1)C(CN)c1c(Cl)cccc1OC. The van der Waals surface area contributed by atoms with Gasteiger partial charge in [0, 0.05) is 17.1 Å². The lowest BCUT2D eigenvalue weighted by molar-refractivity contribution is 0.185. The van der Waals surface area contributed by atoms with Crippen molar-refractivity contribution in [3.63, 3.8) is 0 Å². The summed E-state index contributed by atoms with van der Waals surface area (Å²) in [6, 6.07) is 9.47. The van der Waals surface area contributed by atoms with Crippen LogP contribution in [0.1, 0.15) is 24.3 Å². The van der Waals surface area contributed by atoms with Gasteiger partial charge in [0.25, 0.3) is 0 Å². The first-order valence-corrected chi connectivity index (χ1v) is 7.37. The van der Waals surface area contributed by atoms with Crippen LogP contribution in [-0.4, -0.2) is 25.1 Å². The molecule has 21 heavy (non-hydrogen) atoms. The Morgan fingerprint density at radius 3 is 2.71 bits per heavy atom. The molecule has 1 aromatic heterocycles. The number of hydrogen-bond acceptors (Lipinski definition) is 4. The maximum Gasteiger partial charge on any atom is 0.125 e. The number of nitrogens with two attached hydrogens (primary N) is 1. The lowest BCUT2D eigenvalue weighted by atomic mass is 10.0. The molecule has 0 fully saturated rings. The Morgan fingerprint density at radius 1 is 1.33 bits per heavy atom. The third-order valence-corrected chi connectivity index (χ3v) is 3.90. The summed E-state index contributed by atoms with van der Waals surface area (Å²) in [4.78, 5) is 2.22. The minimum Gasteiger partial charge on any atom is -0.496 e. The Morgan fingerprint density at radius 2 is 2.14 bits per heavy atom. The number of benzene rings is 1. The number of methoxy groups -OCH3 is 1. The van der Waals surface area contributed by atoms with Gasteiger partial charge in [0.15, 0.2) is 0 Å². The Hall–Kier alpha value is -1.49. The van der Waals surface area contributed by atoms with E-state index in [0.29, 0.717) is 18.1 Å². The predicted molar refractivity (Wildman–Crippen MR) is 84.6 cm³/mol. The second kappa shape index (κ2) is 7.50. The van der Waals surface area contributed by atoms with Crippen LogP contribution in [0.4, 0.5) is 0 Å². The Bertz CT molecular complexity index is 557. The van der Waals surface area contributed by atoms with Crippen LogP contribution in [0.3, 0.4) is 0 Å². The molecule has 2 N–H and O–H groups in total. The highest BCUT2D eigenvalue weighted by Crippen LogP contribution is 2.35. The molecule has 5 heteroatoms. The first-order chi connectivity index (χ1) is 10.2. The molecule has 1 unspecified atom stereocenters. The van der Waals surface area contributed by atoms with Gasteiger partial charge in [-0.1, -0.05) is 24.6 Å². The molecular formula is C16H21ClN2O2. The maximum absolute atomic E-state index is 6.38. The van der Waals surface area contributed by atoms with Gasteiger partial charge in [0.2, 0.25) is 0 Å². The summed E-state index contributed by atoms with van der Waals surface area (Å²) in [5, 5.41) is 0.669. The number of ether oxygens (including phenoxy) is 1. The smallest absolute Gasteiger partial charge is 0.125 e. The summed E-state index contributed by atoms with van der Waals surface area (Å²) in [7, 11) is 1.64. The molecule has 0 aliphatic rings. The average molecular weight is 309 g/mol. The highest BCUT2D eigenvalue weighted by atomic mass is 35.5. The number of nitrogens with zero attached hydrogens (tertiary/aromatic N) is 1. The van der Waals surface area contributed by atoms with Gasteiger partial charge in [-0.15, -0.1) is 0 Å². The van der Waals surface area contributed by atoms with Gasteiger partial charge in [-0.25, -0.2) is 0 Å². The quantitative estimate of drug-likeness (QED) is 0.851. The van der Waals surface area contributed by atoms with Crippen LogP contribution in [0.2, 0.25) is 5.02 Å². The molecule has 0 radical (unpaired) electrons. The number of likely N-dealkylation sites (N-methyl/N-ethyl adjacent to an activating group) is 1. The molecule has 0 aliphatic heterocycles. The van der Waals surface area contributed by atoms with E-state index in [1.165, 1.54) is 0 Å². The van der Waals surface area contributed by atoms with Gasteiger partial charge in [-0.3, -0.25) is 4.90 Å². The van der Waals surface area contributed by atoms with E-state index >= 15 is 0 Å². The molecule has 0 aliphatic carbocycles. The van der Waals surface area contributed by atoms with Crippen LogP contribution < -0.4 is 10.5 Å². The minimum absolute atomic E-state index is 0.0243. The van der Waals surface area contributed by atoms with Crippen LogP contribution in [0.25, 0.3) is 0 Å². The molecule has 0 saturated heterocycles. The molecule has 0 spiro atoms. The number of hydrogen-bond donors (Lipinski definition) is 1. The van der Waals surface area contributed by atoms with E-state index < -0.39 is 0 Å². The first-order valence-electron chi connectivity index (χ1n) is 7.00. The standard InChI is InChI=1S/C16H21ClN2O2/c1-3-19(11-12-6-5-9-21-12)14(10-18)16-13(17)7-4-8-15(16)20-2/h4-9,14H,3,10-11,18H2,1-2H3. The lowest BCUT2D eigenvalue weighted by Gasteiger charge is -2.31. The van der Waals surface area contributed by atoms with E-state index in [2.05, 4.69) is 11.8 Å². The Labute approximate surface area is 130 Å². The highest BCUT2D eigenvalue weighted by molar-refractivity contribution is 6.31. The number of halogens is 1. The fraction of sp³-hybridized carbons (Fsp3) is 0.375. The molecule has 0 amide bonds. The molecule has 114 valence electrons. The number of furan rings is 1. The van der Waals surface area contributed by atoms with E-state index in [1.54, 1.807) is 13.4 Å². The molecule has 1 heterocycles. The fourth-order valence-corrected chi connectivity index (χ4v) is 2.81. The van der Waals surface area contributed by atoms with Gasteiger partial charge in [-0.2, -0.15) is 0 Å². The summed E-state index contributed by atoms with van der Waals surface area (Å²) in [6.45, 7) is 4.06. The van der Waals surface area contributed by atoms with Crippen LogP contribution in [-0.2, 0) is 6.54 Å². The van der Waals surface area contributed by atoms with Gasteiger partial charge in [-0.05, 0) is 30.8 Å². The third kappa shape index (κ3) is 3.59. The van der Waals surface area contributed by atoms with Crippen molar-refractivity contribution in [1.29, 1.82) is 0 Å². The van der Waals surface area contributed by atoms with Crippen molar-refractivity contribution in [3.05, 3.63) is 52.9 Å². The summed E-state index contributed by atoms with van der Waals surface area (Å²) >= 11 is 6.38. The lowest BCUT2D eigenvalue weighted by Crippen LogP contribution is -2.33. The van der Waals surface area contributed by atoms with Gasteiger partial charge >= 0.3 is 0 Å². The number of rotatable bonds is 7. The van der Waals surface area contributed by atoms with E-state index in [1.807, 2.05) is 30.3 Å². The summed E-state index contributed by atoms with van der Waals surface area (Å²) < 4.78 is 10.9. The molecule has 1 atom stereocenters. The van der Waals surface area contributed by atoms with Crippen LogP contribution in [0.15, 0.2) is 41.0 Å². The monoisotopic (exact) mass is 308 g/mol. The Balaban J connectivity index is 2.33. The van der Waals surface area contributed by atoms with Crippen LogP contribution in [0.5, 0.6) is 5.75 Å². The van der Waals surface area contributed by atoms with Crippen molar-refractivity contribution in [2.24, 2.45) is 5.73 Å². The predicted octanol–water partition coefficient (Wildman–Crippen LogP) is 3.46. The summed E-state index contributed by atoms with van der Waals surface area (Å²) in [5.41, 5.74) is 6.94. The second-order valence-corrected chi connectivity index (χ2v) is 5.16. The average Bonchev–Trinajstić information content (AvgIpc) is 3.01. The maximum atomic E-state index is 6.38. The second-order valence-electron chi connectivity index (χ2n) is 4.75. The van der Waals surface area contributed by atoms with E-state index in [4.69, 9.17) is 26.5 Å². The molecule has 0 bridgehead atoms. The summed E-state index contributed by atoms with van der Waals surface area (Å²) in [6.07, 6.45) is 1.68. The highest BCUT2D eigenvalue weighted by Gasteiger charge is 2.24. The van der Waals surface area contributed by atoms with Crippen molar-refractivity contribution in [2.75, 3.05) is 20.2 Å². The fourth-order valence-electron chi connectivity index (χ4n) is 2.51. The molecule has 2 rings (SSSR count). The molecule has 4 nitrogen and oxygen atoms in total. The largest absolute Gasteiger partial charge is 0.496 e.